The second kappa shape index (κ2) is 7.92. The molecule has 1 fully saturated rings. The molecule has 0 bridgehead atoms. The van der Waals surface area contributed by atoms with Gasteiger partial charge in [0, 0.05) is 18.5 Å². The molecule has 1 unspecified atom stereocenters. The predicted molar refractivity (Wildman–Crippen MR) is 104 cm³/mol. The van der Waals surface area contributed by atoms with E-state index in [1.54, 1.807) is 0 Å². The van der Waals surface area contributed by atoms with Crippen LogP contribution in [0.15, 0.2) is 54.6 Å². The number of carbonyl (C=O) groups is 2. The van der Waals surface area contributed by atoms with Gasteiger partial charge in [-0.1, -0.05) is 37.3 Å². The number of nitrogens with zero attached hydrogens (tertiary/aromatic N) is 1. The van der Waals surface area contributed by atoms with Crippen LogP contribution in [0.5, 0.6) is 0 Å². The summed E-state index contributed by atoms with van der Waals surface area (Å²) >= 11 is 0. The summed E-state index contributed by atoms with van der Waals surface area (Å²) in [4.78, 5) is 24.1. The molecular formula is C20H22N2O4S. The predicted octanol–water partition coefficient (Wildman–Crippen LogP) is 2.36. The average Bonchev–Trinajstić information content (AvgIpc) is 2.93. The standard InChI is InChI=1S/C20H22N2O4S/c1-15(13-16-5-3-2-4-6-16)14-21-20(24)17-7-9-18(10-8-17)22-19(23)11-12-27(22,25)26/h2-10,15H,11-14H2,1H3,(H,21,24). The van der Waals surface area contributed by atoms with Gasteiger partial charge in [0.15, 0.2) is 0 Å². The van der Waals surface area contributed by atoms with Crippen LogP contribution in [-0.2, 0) is 21.2 Å². The Labute approximate surface area is 159 Å². The van der Waals surface area contributed by atoms with Gasteiger partial charge in [-0.3, -0.25) is 9.59 Å². The number of carbonyl (C=O) groups excluding carboxylic acids is 2. The summed E-state index contributed by atoms with van der Waals surface area (Å²) in [7, 11) is -3.59. The van der Waals surface area contributed by atoms with E-state index in [4.69, 9.17) is 0 Å². The topological polar surface area (TPSA) is 83.6 Å². The van der Waals surface area contributed by atoms with Gasteiger partial charge in [-0.05, 0) is 42.2 Å². The maximum atomic E-state index is 12.3. The van der Waals surface area contributed by atoms with Gasteiger partial charge in [-0.2, -0.15) is 0 Å². The number of benzene rings is 2. The molecule has 1 atom stereocenters. The minimum Gasteiger partial charge on any atom is -0.352 e. The molecule has 1 saturated heterocycles. The van der Waals surface area contributed by atoms with Gasteiger partial charge in [0.2, 0.25) is 15.9 Å². The number of sulfonamides is 1. The fourth-order valence-corrected chi connectivity index (χ4v) is 4.53. The number of hydrogen-bond donors (Lipinski definition) is 1. The lowest BCUT2D eigenvalue weighted by Gasteiger charge is -2.16. The molecule has 7 heteroatoms. The monoisotopic (exact) mass is 386 g/mol. The Morgan fingerprint density at radius 3 is 2.37 bits per heavy atom. The molecule has 1 N–H and O–H groups in total. The van der Waals surface area contributed by atoms with Crippen LogP contribution in [0, 0.1) is 5.92 Å². The molecular weight excluding hydrogens is 364 g/mol. The quantitative estimate of drug-likeness (QED) is 0.826. The maximum Gasteiger partial charge on any atom is 0.251 e. The highest BCUT2D eigenvalue weighted by Crippen LogP contribution is 2.25. The summed E-state index contributed by atoms with van der Waals surface area (Å²) in [5, 5.41) is 2.90. The SMILES string of the molecule is CC(CNC(=O)c1ccc(N2C(=O)CCS2(=O)=O)cc1)Cc1ccccc1. The third kappa shape index (κ3) is 4.54. The van der Waals surface area contributed by atoms with E-state index in [0.29, 0.717) is 12.1 Å². The number of amides is 2. The first-order chi connectivity index (χ1) is 12.9. The third-order valence-electron chi connectivity index (χ3n) is 4.48. The summed E-state index contributed by atoms with van der Waals surface area (Å²) in [5.74, 6) is -0.560. The average molecular weight is 386 g/mol. The van der Waals surface area contributed by atoms with Gasteiger partial charge in [0.1, 0.15) is 0 Å². The van der Waals surface area contributed by atoms with Crippen molar-refractivity contribution in [3.05, 3.63) is 65.7 Å². The van der Waals surface area contributed by atoms with Gasteiger partial charge in [0.25, 0.3) is 5.91 Å². The van der Waals surface area contributed by atoms with Gasteiger partial charge < -0.3 is 5.32 Å². The third-order valence-corrected chi connectivity index (χ3v) is 6.17. The van der Waals surface area contributed by atoms with E-state index in [9.17, 15) is 18.0 Å². The van der Waals surface area contributed by atoms with E-state index in [1.165, 1.54) is 29.8 Å². The Morgan fingerprint density at radius 1 is 1.11 bits per heavy atom. The molecule has 27 heavy (non-hydrogen) atoms. The van der Waals surface area contributed by atoms with Crippen LogP contribution in [0.1, 0.15) is 29.3 Å². The molecule has 6 nitrogen and oxygen atoms in total. The fraction of sp³-hybridized carbons (Fsp3) is 0.300. The van der Waals surface area contributed by atoms with Crippen LogP contribution >= 0.6 is 0 Å². The van der Waals surface area contributed by atoms with Crippen molar-refractivity contribution in [3.63, 3.8) is 0 Å². The van der Waals surface area contributed by atoms with Gasteiger partial charge in [0.05, 0.1) is 11.4 Å². The Hall–Kier alpha value is -2.67. The molecule has 0 radical (unpaired) electrons. The van der Waals surface area contributed by atoms with Crippen LogP contribution in [0.25, 0.3) is 0 Å². The minimum atomic E-state index is -3.59. The fourth-order valence-electron chi connectivity index (χ4n) is 3.07. The Kier molecular flexibility index (Phi) is 5.60. The summed E-state index contributed by atoms with van der Waals surface area (Å²) < 4.78 is 24.7. The van der Waals surface area contributed by atoms with Crippen molar-refractivity contribution in [2.45, 2.75) is 19.8 Å². The van der Waals surface area contributed by atoms with Crippen LogP contribution < -0.4 is 9.62 Å². The second-order valence-electron chi connectivity index (χ2n) is 6.78. The second-order valence-corrected chi connectivity index (χ2v) is 8.71. The largest absolute Gasteiger partial charge is 0.352 e. The van der Waals surface area contributed by atoms with E-state index in [0.717, 1.165) is 10.7 Å². The normalized spacial score (nSPS) is 16.9. The number of hydrogen-bond acceptors (Lipinski definition) is 4. The highest BCUT2D eigenvalue weighted by atomic mass is 32.2. The van der Waals surface area contributed by atoms with Crippen molar-refractivity contribution in [1.29, 1.82) is 0 Å². The summed E-state index contributed by atoms with van der Waals surface area (Å²) in [6.45, 7) is 2.61. The number of nitrogens with one attached hydrogen (secondary N) is 1. The molecule has 1 aliphatic heterocycles. The first-order valence-electron chi connectivity index (χ1n) is 8.85. The number of rotatable bonds is 6. The van der Waals surface area contributed by atoms with Crippen molar-refractivity contribution in [2.24, 2.45) is 5.92 Å². The maximum absolute atomic E-state index is 12.3. The first kappa shape index (κ1) is 19.1. The van der Waals surface area contributed by atoms with Crippen molar-refractivity contribution in [1.82, 2.24) is 5.32 Å². The zero-order valence-electron chi connectivity index (χ0n) is 15.1. The van der Waals surface area contributed by atoms with E-state index in [1.807, 2.05) is 18.2 Å². The van der Waals surface area contributed by atoms with Gasteiger partial charge >= 0.3 is 0 Å². The highest BCUT2D eigenvalue weighted by molar-refractivity contribution is 7.94. The van der Waals surface area contributed by atoms with Crippen molar-refractivity contribution < 1.29 is 18.0 Å². The van der Waals surface area contributed by atoms with E-state index >= 15 is 0 Å². The van der Waals surface area contributed by atoms with Crippen LogP contribution in [0.2, 0.25) is 0 Å². The molecule has 2 aromatic carbocycles. The summed E-state index contributed by atoms with van der Waals surface area (Å²) in [6, 6.07) is 16.1. The van der Waals surface area contributed by atoms with E-state index in [-0.39, 0.29) is 29.7 Å². The van der Waals surface area contributed by atoms with Gasteiger partial charge in [-0.25, -0.2) is 12.7 Å². The van der Waals surface area contributed by atoms with Crippen molar-refractivity contribution in [2.75, 3.05) is 16.6 Å². The highest BCUT2D eigenvalue weighted by Gasteiger charge is 2.36. The zero-order chi connectivity index (χ0) is 19.4. The lowest BCUT2D eigenvalue weighted by atomic mass is 10.0. The van der Waals surface area contributed by atoms with E-state index in [2.05, 4.69) is 24.4 Å². The Balaban J connectivity index is 1.58. The van der Waals surface area contributed by atoms with Crippen LogP contribution in [0.4, 0.5) is 5.69 Å². The molecule has 1 heterocycles. The molecule has 0 saturated carbocycles. The lowest BCUT2D eigenvalue weighted by Crippen LogP contribution is -2.30. The summed E-state index contributed by atoms with van der Waals surface area (Å²) in [5.41, 5.74) is 1.92. The van der Waals surface area contributed by atoms with Crippen LogP contribution in [-0.4, -0.2) is 32.5 Å². The molecule has 142 valence electrons. The van der Waals surface area contributed by atoms with E-state index < -0.39 is 15.9 Å². The van der Waals surface area contributed by atoms with Crippen molar-refractivity contribution >= 4 is 27.5 Å². The minimum absolute atomic E-state index is 0.0100. The molecule has 2 aromatic rings. The zero-order valence-corrected chi connectivity index (χ0v) is 15.9. The van der Waals surface area contributed by atoms with Gasteiger partial charge in [-0.15, -0.1) is 0 Å². The lowest BCUT2D eigenvalue weighted by molar-refractivity contribution is -0.116. The Morgan fingerprint density at radius 2 is 1.78 bits per heavy atom. The number of anilines is 1. The molecule has 2 amide bonds. The summed E-state index contributed by atoms with van der Waals surface area (Å²) in [6.07, 6.45) is 0.860. The molecule has 0 aliphatic carbocycles. The molecule has 1 aliphatic rings. The van der Waals surface area contributed by atoms with Crippen LogP contribution in [0.3, 0.4) is 0 Å². The van der Waals surface area contributed by atoms with Crippen molar-refractivity contribution in [3.8, 4) is 0 Å². The smallest absolute Gasteiger partial charge is 0.251 e. The first-order valence-corrected chi connectivity index (χ1v) is 10.5. The molecule has 0 spiro atoms. The Bertz CT molecular complexity index is 924. The molecule has 0 aromatic heterocycles. The molecule has 3 rings (SSSR count).